The number of rotatable bonds is 8. The molecular formula is C21H25N5O2S. The SMILES string of the molecule is CCC(C)(C)c1ccc(Oc2ccc(NC(=O)CSc3nnnn3C)cc2)cc1. The van der Waals surface area contributed by atoms with Crippen molar-refractivity contribution in [3.05, 3.63) is 54.1 Å². The number of benzene rings is 2. The maximum Gasteiger partial charge on any atom is 0.234 e. The summed E-state index contributed by atoms with van der Waals surface area (Å²) in [5.41, 5.74) is 2.15. The third-order valence-electron chi connectivity index (χ3n) is 4.81. The fourth-order valence-electron chi connectivity index (χ4n) is 2.59. The number of aromatic nitrogens is 4. The highest BCUT2D eigenvalue weighted by Crippen LogP contribution is 2.30. The smallest absolute Gasteiger partial charge is 0.234 e. The first-order valence-electron chi connectivity index (χ1n) is 9.41. The molecule has 3 rings (SSSR count). The Morgan fingerprint density at radius 2 is 1.72 bits per heavy atom. The Labute approximate surface area is 174 Å². The van der Waals surface area contributed by atoms with Gasteiger partial charge in [0.15, 0.2) is 0 Å². The number of nitrogens with zero attached hydrogens (tertiary/aromatic N) is 4. The number of thioether (sulfide) groups is 1. The average Bonchev–Trinajstić information content (AvgIpc) is 3.13. The van der Waals surface area contributed by atoms with Crippen LogP contribution in [0.4, 0.5) is 5.69 Å². The Kier molecular flexibility index (Phi) is 6.53. The Morgan fingerprint density at radius 3 is 2.28 bits per heavy atom. The van der Waals surface area contributed by atoms with Crippen molar-refractivity contribution in [2.75, 3.05) is 11.1 Å². The predicted octanol–water partition coefficient (Wildman–Crippen LogP) is 4.42. The van der Waals surface area contributed by atoms with Crippen LogP contribution in [0.15, 0.2) is 53.7 Å². The van der Waals surface area contributed by atoms with Crippen LogP contribution in [0.1, 0.15) is 32.8 Å². The monoisotopic (exact) mass is 411 g/mol. The van der Waals surface area contributed by atoms with Crippen LogP contribution in [-0.4, -0.2) is 31.9 Å². The highest BCUT2D eigenvalue weighted by atomic mass is 32.2. The molecule has 0 saturated carbocycles. The molecule has 0 fully saturated rings. The van der Waals surface area contributed by atoms with E-state index in [-0.39, 0.29) is 17.1 Å². The molecule has 8 heteroatoms. The summed E-state index contributed by atoms with van der Waals surface area (Å²) in [6.07, 6.45) is 1.08. The van der Waals surface area contributed by atoms with Gasteiger partial charge in [-0.25, -0.2) is 4.68 Å². The quantitative estimate of drug-likeness (QED) is 0.553. The molecule has 0 radical (unpaired) electrons. The minimum Gasteiger partial charge on any atom is -0.457 e. The number of amides is 1. The molecule has 1 aromatic heterocycles. The number of carbonyl (C=O) groups is 1. The molecule has 29 heavy (non-hydrogen) atoms. The Hall–Kier alpha value is -2.87. The lowest BCUT2D eigenvalue weighted by Gasteiger charge is -2.23. The summed E-state index contributed by atoms with van der Waals surface area (Å²) < 4.78 is 7.44. The average molecular weight is 412 g/mol. The van der Waals surface area contributed by atoms with Crippen molar-refractivity contribution in [1.29, 1.82) is 0 Å². The number of carbonyl (C=O) groups excluding carboxylic acids is 1. The third kappa shape index (κ3) is 5.57. The lowest BCUT2D eigenvalue weighted by Crippen LogP contribution is -2.14. The van der Waals surface area contributed by atoms with E-state index in [0.29, 0.717) is 16.6 Å². The molecule has 0 aliphatic carbocycles. The van der Waals surface area contributed by atoms with Gasteiger partial charge in [0.25, 0.3) is 0 Å². The lowest BCUT2D eigenvalue weighted by atomic mass is 9.82. The number of anilines is 1. The van der Waals surface area contributed by atoms with Gasteiger partial charge in [0.1, 0.15) is 11.5 Å². The summed E-state index contributed by atoms with van der Waals surface area (Å²) in [7, 11) is 1.73. The van der Waals surface area contributed by atoms with Crippen molar-refractivity contribution in [2.24, 2.45) is 7.05 Å². The van der Waals surface area contributed by atoms with E-state index < -0.39 is 0 Å². The van der Waals surface area contributed by atoms with Crippen molar-refractivity contribution in [3.63, 3.8) is 0 Å². The van der Waals surface area contributed by atoms with E-state index in [1.165, 1.54) is 22.0 Å². The molecule has 0 saturated heterocycles. The van der Waals surface area contributed by atoms with E-state index in [1.54, 1.807) is 7.05 Å². The van der Waals surface area contributed by atoms with Gasteiger partial charge in [-0.2, -0.15) is 0 Å². The minimum absolute atomic E-state index is 0.124. The van der Waals surface area contributed by atoms with Gasteiger partial charge in [-0.05, 0) is 64.2 Å². The Morgan fingerprint density at radius 1 is 1.10 bits per heavy atom. The van der Waals surface area contributed by atoms with Gasteiger partial charge in [-0.15, -0.1) is 5.10 Å². The minimum atomic E-state index is -0.124. The zero-order valence-corrected chi connectivity index (χ0v) is 17.9. The first kappa shape index (κ1) is 20.9. The summed E-state index contributed by atoms with van der Waals surface area (Å²) in [5.74, 6) is 1.60. The van der Waals surface area contributed by atoms with Crippen LogP contribution in [-0.2, 0) is 17.3 Å². The number of hydrogen-bond donors (Lipinski definition) is 1. The molecule has 2 aromatic carbocycles. The van der Waals surface area contributed by atoms with Crippen LogP contribution >= 0.6 is 11.8 Å². The van der Waals surface area contributed by atoms with Gasteiger partial charge in [-0.3, -0.25) is 4.79 Å². The summed E-state index contributed by atoms with van der Waals surface area (Å²) in [6.45, 7) is 6.66. The molecule has 0 bridgehead atoms. The van der Waals surface area contributed by atoms with Crippen LogP contribution in [0.3, 0.4) is 0 Å². The number of ether oxygens (including phenoxy) is 1. The van der Waals surface area contributed by atoms with E-state index in [2.05, 4.69) is 53.7 Å². The fraction of sp³-hybridized carbons (Fsp3) is 0.333. The molecule has 1 heterocycles. The fourth-order valence-corrected chi connectivity index (χ4v) is 3.24. The van der Waals surface area contributed by atoms with Crippen molar-refractivity contribution >= 4 is 23.4 Å². The Balaban J connectivity index is 1.53. The van der Waals surface area contributed by atoms with E-state index in [4.69, 9.17) is 4.74 Å². The van der Waals surface area contributed by atoms with Crippen LogP contribution in [0, 0.1) is 0 Å². The standard InChI is InChI=1S/C21H25N5O2S/c1-5-21(2,3)15-6-10-17(11-7-15)28-18-12-8-16(9-13-18)22-19(27)14-29-20-23-24-25-26(20)4/h6-13H,5,14H2,1-4H3,(H,22,27). The normalized spacial score (nSPS) is 11.3. The molecule has 0 aliphatic heterocycles. The zero-order chi connectivity index (χ0) is 20.9. The van der Waals surface area contributed by atoms with Gasteiger partial charge in [0, 0.05) is 12.7 Å². The molecule has 0 atom stereocenters. The van der Waals surface area contributed by atoms with Crippen molar-refractivity contribution < 1.29 is 9.53 Å². The van der Waals surface area contributed by atoms with Gasteiger partial charge in [0.2, 0.25) is 11.1 Å². The Bertz CT molecular complexity index is 952. The number of nitrogens with one attached hydrogen (secondary N) is 1. The van der Waals surface area contributed by atoms with Crippen LogP contribution in [0.25, 0.3) is 0 Å². The van der Waals surface area contributed by atoms with Crippen LogP contribution in [0.2, 0.25) is 0 Å². The first-order valence-corrected chi connectivity index (χ1v) is 10.4. The predicted molar refractivity (Wildman–Crippen MR) is 114 cm³/mol. The summed E-state index contributed by atoms with van der Waals surface area (Å²) in [6, 6.07) is 15.5. The van der Waals surface area contributed by atoms with E-state index >= 15 is 0 Å². The molecule has 7 nitrogen and oxygen atoms in total. The van der Waals surface area contributed by atoms with Crippen molar-refractivity contribution in [1.82, 2.24) is 20.2 Å². The lowest BCUT2D eigenvalue weighted by molar-refractivity contribution is -0.113. The second-order valence-electron chi connectivity index (χ2n) is 7.31. The maximum atomic E-state index is 12.1. The molecule has 0 spiro atoms. The molecule has 152 valence electrons. The van der Waals surface area contributed by atoms with E-state index in [1.807, 2.05) is 36.4 Å². The second kappa shape index (κ2) is 9.09. The van der Waals surface area contributed by atoms with Gasteiger partial charge in [0.05, 0.1) is 5.75 Å². The highest BCUT2D eigenvalue weighted by Gasteiger charge is 2.17. The first-order chi connectivity index (χ1) is 13.9. The maximum absolute atomic E-state index is 12.1. The number of tetrazole rings is 1. The molecule has 0 unspecified atom stereocenters. The van der Waals surface area contributed by atoms with Crippen LogP contribution < -0.4 is 10.1 Å². The molecule has 3 aromatic rings. The van der Waals surface area contributed by atoms with Gasteiger partial charge >= 0.3 is 0 Å². The highest BCUT2D eigenvalue weighted by molar-refractivity contribution is 7.99. The third-order valence-corrected chi connectivity index (χ3v) is 5.82. The summed E-state index contributed by atoms with van der Waals surface area (Å²) in [4.78, 5) is 12.1. The van der Waals surface area contributed by atoms with E-state index in [0.717, 1.165) is 12.2 Å². The zero-order valence-electron chi connectivity index (χ0n) is 17.0. The molecule has 1 amide bonds. The second-order valence-corrected chi connectivity index (χ2v) is 8.25. The van der Waals surface area contributed by atoms with Crippen molar-refractivity contribution in [3.8, 4) is 11.5 Å². The topological polar surface area (TPSA) is 81.9 Å². The van der Waals surface area contributed by atoms with E-state index in [9.17, 15) is 4.79 Å². The number of aryl methyl sites for hydroxylation is 1. The van der Waals surface area contributed by atoms with Crippen molar-refractivity contribution in [2.45, 2.75) is 37.8 Å². The molecule has 1 N–H and O–H groups in total. The largest absolute Gasteiger partial charge is 0.457 e. The summed E-state index contributed by atoms with van der Waals surface area (Å²) >= 11 is 1.28. The number of hydrogen-bond acceptors (Lipinski definition) is 6. The van der Waals surface area contributed by atoms with Crippen LogP contribution in [0.5, 0.6) is 11.5 Å². The van der Waals surface area contributed by atoms with Gasteiger partial charge < -0.3 is 10.1 Å². The summed E-state index contributed by atoms with van der Waals surface area (Å²) in [5, 5.41) is 14.6. The molecular weight excluding hydrogens is 386 g/mol. The molecule has 0 aliphatic rings. The van der Waals surface area contributed by atoms with Gasteiger partial charge in [-0.1, -0.05) is 44.7 Å².